The standard InChI is InChI=1S/C12H18N6O2/c1-16-8(7-18-5-3-13-4-6-18)14-10-9(16)11(19)15-12(20)17(10)2/h13H,3-7H2,1-2H3,(H,15,19,20). The summed E-state index contributed by atoms with van der Waals surface area (Å²) in [7, 11) is 3.43. The maximum absolute atomic E-state index is 11.9. The van der Waals surface area contributed by atoms with Crippen LogP contribution in [0.3, 0.4) is 0 Å². The zero-order valence-corrected chi connectivity index (χ0v) is 11.6. The molecule has 1 fully saturated rings. The van der Waals surface area contributed by atoms with E-state index < -0.39 is 5.69 Å². The molecule has 108 valence electrons. The number of imidazole rings is 1. The number of hydrogen-bond donors (Lipinski definition) is 2. The Kier molecular flexibility index (Phi) is 3.19. The van der Waals surface area contributed by atoms with Crippen LogP contribution < -0.4 is 16.6 Å². The van der Waals surface area contributed by atoms with Crippen molar-refractivity contribution in [2.24, 2.45) is 14.1 Å². The summed E-state index contributed by atoms with van der Waals surface area (Å²) < 4.78 is 3.15. The van der Waals surface area contributed by atoms with Crippen LogP contribution in [0.25, 0.3) is 11.2 Å². The van der Waals surface area contributed by atoms with E-state index in [1.54, 1.807) is 11.6 Å². The summed E-state index contributed by atoms with van der Waals surface area (Å²) in [6.45, 7) is 4.52. The van der Waals surface area contributed by atoms with Crippen molar-refractivity contribution >= 4 is 11.2 Å². The number of nitrogens with zero attached hydrogens (tertiary/aromatic N) is 4. The first-order valence-corrected chi connectivity index (χ1v) is 6.65. The molecule has 0 radical (unpaired) electrons. The van der Waals surface area contributed by atoms with Crippen LogP contribution in [0, 0.1) is 0 Å². The fourth-order valence-electron chi connectivity index (χ4n) is 2.56. The Balaban J connectivity index is 2.06. The van der Waals surface area contributed by atoms with Gasteiger partial charge >= 0.3 is 5.69 Å². The maximum Gasteiger partial charge on any atom is 0.329 e. The number of aromatic nitrogens is 4. The molecule has 0 aliphatic carbocycles. The van der Waals surface area contributed by atoms with Crippen molar-refractivity contribution in [3.05, 3.63) is 26.7 Å². The van der Waals surface area contributed by atoms with Crippen LogP contribution >= 0.6 is 0 Å². The Morgan fingerprint density at radius 3 is 2.55 bits per heavy atom. The average Bonchev–Trinajstić information content (AvgIpc) is 2.75. The third-order valence-electron chi connectivity index (χ3n) is 3.80. The molecule has 3 heterocycles. The van der Waals surface area contributed by atoms with Gasteiger partial charge in [-0.25, -0.2) is 9.78 Å². The van der Waals surface area contributed by atoms with Gasteiger partial charge in [-0.3, -0.25) is 19.2 Å². The van der Waals surface area contributed by atoms with Gasteiger partial charge in [0.2, 0.25) is 0 Å². The summed E-state index contributed by atoms with van der Waals surface area (Å²) in [6, 6.07) is 0. The van der Waals surface area contributed by atoms with Gasteiger partial charge in [0, 0.05) is 40.3 Å². The zero-order chi connectivity index (χ0) is 14.3. The van der Waals surface area contributed by atoms with Crippen molar-refractivity contribution in [3.63, 3.8) is 0 Å². The van der Waals surface area contributed by atoms with Gasteiger partial charge in [0.25, 0.3) is 5.56 Å². The Labute approximate surface area is 115 Å². The van der Waals surface area contributed by atoms with E-state index in [1.165, 1.54) is 4.57 Å². The highest BCUT2D eigenvalue weighted by Crippen LogP contribution is 2.11. The molecule has 2 aromatic rings. The fourth-order valence-corrected chi connectivity index (χ4v) is 2.56. The second kappa shape index (κ2) is 4.88. The number of aromatic amines is 1. The predicted octanol–water partition coefficient (Wildman–Crippen LogP) is -1.63. The van der Waals surface area contributed by atoms with Gasteiger partial charge in [0.1, 0.15) is 5.82 Å². The molecule has 0 aromatic carbocycles. The summed E-state index contributed by atoms with van der Waals surface area (Å²) in [6.07, 6.45) is 0. The Hall–Kier alpha value is -1.93. The van der Waals surface area contributed by atoms with E-state index in [-0.39, 0.29) is 5.56 Å². The molecule has 1 aliphatic heterocycles. The Morgan fingerprint density at radius 2 is 1.85 bits per heavy atom. The quantitative estimate of drug-likeness (QED) is 0.688. The van der Waals surface area contributed by atoms with Gasteiger partial charge in [0.05, 0.1) is 6.54 Å². The minimum absolute atomic E-state index is 0.385. The molecule has 0 bridgehead atoms. The van der Waals surface area contributed by atoms with E-state index in [9.17, 15) is 9.59 Å². The van der Waals surface area contributed by atoms with Crippen LogP contribution in [-0.2, 0) is 20.6 Å². The van der Waals surface area contributed by atoms with Crippen LogP contribution in [0.2, 0.25) is 0 Å². The number of aryl methyl sites for hydroxylation is 2. The van der Waals surface area contributed by atoms with Crippen molar-refractivity contribution in [2.45, 2.75) is 6.54 Å². The molecular formula is C12H18N6O2. The molecule has 0 unspecified atom stereocenters. The van der Waals surface area contributed by atoms with E-state index in [0.717, 1.165) is 32.0 Å². The molecule has 0 amide bonds. The smallest absolute Gasteiger partial charge is 0.324 e. The minimum atomic E-state index is -0.436. The number of nitrogens with one attached hydrogen (secondary N) is 2. The summed E-state index contributed by atoms with van der Waals surface area (Å²) in [5.74, 6) is 0.800. The Morgan fingerprint density at radius 1 is 1.15 bits per heavy atom. The van der Waals surface area contributed by atoms with Gasteiger partial charge in [-0.05, 0) is 0 Å². The predicted molar refractivity (Wildman–Crippen MR) is 74.7 cm³/mol. The number of fused-ring (bicyclic) bond motifs is 1. The fraction of sp³-hybridized carbons (Fsp3) is 0.583. The molecule has 2 aromatic heterocycles. The molecule has 0 spiro atoms. The van der Waals surface area contributed by atoms with Crippen molar-refractivity contribution in [1.29, 1.82) is 0 Å². The normalized spacial score (nSPS) is 16.9. The summed E-state index contributed by atoms with van der Waals surface area (Å²) in [4.78, 5) is 32.6. The van der Waals surface area contributed by atoms with Crippen molar-refractivity contribution in [2.75, 3.05) is 26.2 Å². The number of rotatable bonds is 2. The lowest BCUT2D eigenvalue weighted by Crippen LogP contribution is -2.43. The molecule has 0 saturated carbocycles. The van der Waals surface area contributed by atoms with Crippen LogP contribution in [0.5, 0.6) is 0 Å². The van der Waals surface area contributed by atoms with Gasteiger partial charge in [-0.2, -0.15) is 0 Å². The highest BCUT2D eigenvalue weighted by molar-refractivity contribution is 5.70. The van der Waals surface area contributed by atoms with E-state index in [0.29, 0.717) is 17.7 Å². The summed E-state index contributed by atoms with van der Waals surface area (Å²) >= 11 is 0. The summed E-state index contributed by atoms with van der Waals surface area (Å²) in [5.41, 5.74) is 0.0580. The van der Waals surface area contributed by atoms with Crippen molar-refractivity contribution in [1.82, 2.24) is 29.3 Å². The largest absolute Gasteiger partial charge is 0.329 e. The van der Waals surface area contributed by atoms with Gasteiger partial charge < -0.3 is 9.88 Å². The highest BCUT2D eigenvalue weighted by Gasteiger charge is 2.17. The van der Waals surface area contributed by atoms with E-state index in [2.05, 4.69) is 20.2 Å². The van der Waals surface area contributed by atoms with E-state index in [4.69, 9.17) is 0 Å². The average molecular weight is 278 g/mol. The third-order valence-corrected chi connectivity index (χ3v) is 3.80. The second-order valence-corrected chi connectivity index (χ2v) is 5.10. The van der Waals surface area contributed by atoms with Crippen molar-refractivity contribution < 1.29 is 0 Å². The molecule has 3 rings (SSSR count). The van der Waals surface area contributed by atoms with E-state index in [1.807, 2.05) is 7.05 Å². The monoisotopic (exact) mass is 278 g/mol. The number of hydrogen-bond acceptors (Lipinski definition) is 5. The third kappa shape index (κ3) is 2.06. The molecule has 1 saturated heterocycles. The molecule has 8 heteroatoms. The SMILES string of the molecule is Cn1c(CN2CCNCC2)nc2c1c(=O)[nH]c(=O)n2C. The molecular weight excluding hydrogens is 260 g/mol. The van der Waals surface area contributed by atoms with Crippen LogP contribution in [0.1, 0.15) is 5.82 Å². The molecule has 0 atom stereocenters. The lowest BCUT2D eigenvalue weighted by Gasteiger charge is -2.26. The minimum Gasteiger partial charge on any atom is -0.324 e. The zero-order valence-electron chi connectivity index (χ0n) is 11.6. The molecule has 1 aliphatic rings. The van der Waals surface area contributed by atoms with Crippen LogP contribution in [0.15, 0.2) is 9.59 Å². The second-order valence-electron chi connectivity index (χ2n) is 5.10. The topological polar surface area (TPSA) is 88.0 Å². The first-order valence-electron chi connectivity index (χ1n) is 6.65. The molecule has 20 heavy (non-hydrogen) atoms. The summed E-state index contributed by atoms with van der Waals surface area (Å²) in [5, 5.41) is 3.30. The number of piperazine rings is 1. The molecule has 2 N–H and O–H groups in total. The van der Waals surface area contributed by atoms with Gasteiger partial charge in [-0.15, -0.1) is 0 Å². The first kappa shape index (κ1) is 13.1. The first-order chi connectivity index (χ1) is 9.58. The Bertz CT molecular complexity index is 750. The van der Waals surface area contributed by atoms with Crippen molar-refractivity contribution in [3.8, 4) is 0 Å². The highest BCUT2D eigenvalue weighted by atomic mass is 16.2. The van der Waals surface area contributed by atoms with Crippen LogP contribution in [0.4, 0.5) is 0 Å². The maximum atomic E-state index is 11.9. The van der Waals surface area contributed by atoms with Gasteiger partial charge in [-0.1, -0.05) is 0 Å². The lowest BCUT2D eigenvalue weighted by atomic mass is 10.3. The molecule has 8 nitrogen and oxygen atoms in total. The van der Waals surface area contributed by atoms with Crippen LogP contribution in [-0.4, -0.2) is 50.2 Å². The van der Waals surface area contributed by atoms with E-state index >= 15 is 0 Å². The lowest BCUT2D eigenvalue weighted by molar-refractivity contribution is 0.226. The number of H-pyrrole nitrogens is 1. The van der Waals surface area contributed by atoms with Gasteiger partial charge in [0.15, 0.2) is 11.2 Å².